The number of furan rings is 1. The van der Waals surface area contributed by atoms with E-state index in [-0.39, 0.29) is 17.7 Å². The van der Waals surface area contributed by atoms with Crippen molar-refractivity contribution in [2.24, 2.45) is 0 Å². The first kappa shape index (κ1) is 16.7. The van der Waals surface area contributed by atoms with Crippen LogP contribution in [0.15, 0.2) is 71.1 Å². The Bertz CT molecular complexity index is 896. The molecule has 1 unspecified atom stereocenters. The Balaban J connectivity index is 1.85. The monoisotopic (exact) mass is 333 g/mol. The minimum absolute atomic E-state index is 0.173. The molecule has 4 heteroatoms. The van der Waals surface area contributed by atoms with E-state index in [2.05, 4.69) is 5.32 Å². The molecule has 0 aliphatic rings. The Hall–Kier alpha value is -3.14. The molecular formula is C21H19NO3. The van der Waals surface area contributed by atoms with Gasteiger partial charge in [-0.1, -0.05) is 48.5 Å². The van der Waals surface area contributed by atoms with Gasteiger partial charge in [0.25, 0.3) is 5.91 Å². The third-order valence-corrected chi connectivity index (χ3v) is 3.99. The number of rotatable bonds is 5. The van der Waals surface area contributed by atoms with E-state index in [1.165, 1.54) is 0 Å². The van der Waals surface area contributed by atoms with Crippen LogP contribution in [-0.2, 0) is 0 Å². The molecule has 1 aromatic heterocycles. The predicted octanol–water partition coefficient (Wildman–Crippen LogP) is 4.31. The smallest absolute Gasteiger partial charge is 0.252 e. The van der Waals surface area contributed by atoms with Gasteiger partial charge >= 0.3 is 0 Å². The second-order valence-corrected chi connectivity index (χ2v) is 5.88. The molecule has 0 fully saturated rings. The normalized spacial score (nSPS) is 11.8. The van der Waals surface area contributed by atoms with Gasteiger partial charge in [0.05, 0.1) is 11.6 Å². The summed E-state index contributed by atoms with van der Waals surface area (Å²) in [6.07, 6.45) is 0. The van der Waals surface area contributed by atoms with E-state index in [1.807, 2.05) is 32.0 Å². The molecule has 0 aliphatic carbocycles. The standard InChI is InChI=1S/C21H19NO3/c1-14-12-13-19(25-14)15(2)22-21(24)18-11-7-6-10-17(18)20(23)16-8-4-3-5-9-16/h3-13,15H,1-2H3,(H,22,24). The highest BCUT2D eigenvalue weighted by atomic mass is 16.3. The van der Waals surface area contributed by atoms with Crippen LogP contribution >= 0.6 is 0 Å². The van der Waals surface area contributed by atoms with Crippen LogP contribution in [0.3, 0.4) is 0 Å². The summed E-state index contributed by atoms with van der Waals surface area (Å²) in [4.78, 5) is 25.4. The lowest BCUT2D eigenvalue weighted by molar-refractivity contribution is 0.0925. The molecular weight excluding hydrogens is 314 g/mol. The van der Waals surface area contributed by atoms with Crippen molar-refractivity contribution >= 4 is 11.7 Å². The van der Waals surface area contributed by atoms with Gasteiger partial charge in [-0.05, 0) is 32.0 Å². The average molecular weight is 333 g/mol. The molecule has 0 saturated carbocycles. The molecule has 1 heterocycles. The first-order valence-corrected chi connectivity index (χ1v) is 8.12. The van der Waals surface area contributed by atoms with Crippen molar-refractivity contribution in [3.8, 4) is 0 Å². The molecule has 0 radical (unpaired) electrons. The van der Waals surface area contributed by atoms with Crippen molar-refractivity contribution in [1.29, 1.82) is 0 Å². The molecule has 3 rings (SSSR count). The Morgan fingerprint density at radius 1 is 0.880 bits per heavy atom. The van der Waals surface area contributed by atoms with Crippen molar-refractivity contribution in [3.63, 3.8) is 0 Å². The van der Waals surface area contributed by atoms with Crippen LogP contribution in [0.4, 0.5) is 0 Å². The Kier molecular flexibility index (Phi) is 4.80. The number of nitrogens with one attached hydrogen (secondary N) is 1. The lowest BCUT2D eigenvalue weighted by Crippen LogP contribution is -2.28. The first-order chi connectivity index (χ1) is 12.1. The number of benzene rings is 2. The lowest BCUT2D eigenvalue weighted by Gasteiger charge is -2.14. The number of hydrogen-bond acceptors (Lipinski definition) is 3. The van der Waals surface area contributed by atoms with Gasteiger partial charge in [0, 0.05) is 11.1 Å². The third kappa shape index (κ3) is 3.69. The average Bonchev–Trinajstić information content (AvgIpc) is 3.08. The minimum atomic E-state index is -0.304. The van der Waals surface area contributed by atoms with E-state index in [1.54, 1.807) is 48.5 Å². The van der Waals surface area contributed by atoms with Crippen LogP contribution in [-0.4, -0.2) is 11.7 Å². The van der Waals surface area contributed by atoms with Crippen molar-refractivity contribution in [2.75, 3.05) is 0 Å². The van der Waals surface area contributed by atoms with Crippen LogP contribution in [0, 0.1) is 6.92 Å². The SMILES string of the molecule is Cc1ccc(C(C)NC(=O)c2ccccc2C(=O)c2ccccc2)o1. The number of aryl methyl sites for hydroxylation is 1. The van der Waals surface area contributed by atoms with Gasteiger partial charge < -0.3 is 9.73 Å². The summed E-state index contributed by atoms with van der Waals surface area (Å²) >= 11 is 0. The highest BCUT2D eigenvalue weighted by Gasteiger charge is 2.20. The van der Waals surface area contributed by atoms with Crippen LogP contribution in [0.2, 0.25) is 0 Å². The maximum atomic E-state index is 12.7. The molecule has 1 amide bonds. The topological polar surface area (TPSA) is 59.3 Å². The summed E-state index contributed by atoms with van der Waals surface area (Å²) in [6, 6.07) is 19.2. The van der Waals surface area contributed by atoms with Gasteiger partial charge in [-0.25, -0.2) is 0 Å². The van der Waals surface area contributed by atoms with E-state index in [0.29, 0.717) is 22.5 Å². The Labute approximate surface area is 146 Å². The van der Waals surface area contributed by atoms with Gasteiger partial charge in [0.2, 0.25) is 0 Å². The molecule has 126 valence electrons. The molecule has 0 saturated heterocycles. The quantitative estimate of drug-likeness (QED) is 0.708. The fourth-order valence-corrected chi connectivity index (χ4v) is 2.66. The second kappa shape index (κ2) is 7.18. The summed E-state index contributed by atoms with van der Waals surface area (Å²) < 4.78 is 5.55. The minimum Gasteiger partial charge on any atom is -0.464 e. The molecule has 0 bridgehead atoms. The van der Waals surface area contributed by atoms with Gasteiger partial charge in [0.15, 0.2) is 5.78 Å². The molecule has 25 heavy (non-hydrogen) atoms. The van der Waals surface area contributed by atoms with Gasteiger partial charge in [-0.3, -0.25) is 9.59 Å². The lowest BCUT2D eigenvalue weighted by atomic mass is 9.98. The molecule has 2 aromatic carbocycles. The highest BCUT2D eigenvalue weighted by molar-refractivity contribution is 6.15. The van der Waals surface area contributed by atoms with Crippen LogP contribution in [0.1, 0.15) is 50.8 Å². The van der Waals surface area contributed by atoms with Crippen LogP contribution in [0.5, 0.6) is 0 Å². The molecule has 0 spiro atoms. The highest BCUT2D eigenvalue weighted by Crippen LogP contribution is 2.19. The van der Waals surface area contributed by atoms with Crippen LogP contribution in [0.25, 0.3) is 0 Å². The Morgan fingerprint density at radius 2 is 1.52 bits per heavy atom. The van der Waals surface area contributed by atoms with Crippen molar-refractivity contribution in [1.82, 2.24) is 5.32 Å². The van der Waals surface area contributed by atoms with E-state index >= 15 is 0 Å². The number of carbonyl (C=O) groups excluding carboxylic acids is 2. The zero-order valence-corrected chi connectivity index (χ0v) is 14.2. The maximum Gasteiger partial charge on any atom is 0.252 e. The molecule has 1 atom stereocenters. The number of ketones is 1. The molecule has 0 aliphatic heterocycles. The van der Waals surface area contributed by atoms with Crippen LogP contribution < -0.4 is 5.32 Å². The number of carbonyl (C=O) groups is 2. The fraction of sp³-hybridized carbons (Fsp3) is 0.143. The third-order valence-electron chi connectivity index (χ3n) is 3.99. The first-order valence-electron chi connectivity index (χ1n) is 8.12. The predicted molar refractivity (Wildman–Crippen MR) is 95.6 cm³/mol. The molecule has 1 N–H and O–H groups in total. The van der Waals surface area contributed by atoms with E-state index in [0.717, 1.165) is 5.76 Å². The van der Waals surface area contributed by atoms with Crippen molar-refractivity contribution < 1.29 is 14.0 Å². The summed E-state index contributed by atoms with van der Waals surface area (Å²) in [5.41, 5.74) is 1.29. The number of amides is 1. The van der Waals surface area contributed by atoms with Gasteiger partial charge in [-0.2, -0.15) is 0 Å². The van der Waals surface area contributed by atoms with Crippen molar-refractivity contribution in [2.45, 2.75) is 19.9 Å². The van der Waals surface area contributed by atoms with Crippen molar-refractivity contribution in [3.05, 3.63) is 94.9 Å². The van der Waals surface area contributed by atoms with E-state index in [4.69, 9.17) is 4.42 Å². The summed E-state index contributed by atoms with van der Waals surface area (Å²) in [5.74, 6) is 0.989. The van der Waals surface area contributed by atoms with Gasteiger partial charge in [-0.15, -0.1) is 0 Å². The Morgan fingerprint density at radius 3 is 2.16 bits per heavy atom. The maximum absolute atomic E-state index is 12.7. The summed E-state index contributed by atoms with van der Waals surface area (Å²) in [5, 5.41) is 2.89. The molecule has 4 nitrogen and oxygen atoms in total. The number of hydrogen-bond donors (Lipinski definition) is 1. The van der Waals surface area contributed by atoms with Gasteiger partial charge in [0.1, 0.15) is 11.5 Å². The van der Waals surface area contributed by atoms with E-state index in [9.17, 15) is 9.59 Å². The summed E-state index contributed by atoms with van der Waals surface area (Å²) in [6.45, 7) is 3.70. The summed E-state index contributed by atoms with van der Waals surface area (Å²) in [7, 11) is 0. The zero-order valence-electron chi connectivity index (χ0n) is 14.2. The van der Waals surface area contributed by atoms with E-state index < -0.39 is 0 Å². The fourth-order valence-electron chi connectivity index (χ4n) is 2.66. The largest absolute Gasteiger partial charge is 0.464 e. The second-order valence-electron chi connectivity index (χ2n) is 5.88. The zero-order chi connectivity index (χ0) is 17.8. The molecule has 3 aromatic rings.